The highest BCUT2D eigenvalue weighted by atomic mass is 16.5. The van der Waals surface area contributed by atoms with Gasteiger partial charge in [0.05, 0.1) is 6.07 Å². The maximum Gasteiger partial charge on any atom is 0.105 e. The summed E-state index contributed by atoms with van der Waals surface area (Å²) < 4.78 is 5.52. The first-order chi connectivity index (χ1) is 7.68. The molecule has 0 aromatic rings. The Morgan fingerprint density at radius 2 is 1.88 bits per heavy atom. The third-order valence-electron chi connectivity index (χ3n) is 2.94. The first kappa shape index (κ1) is 15.4. The highest BCUT2D eigenvalue weighted by Crippen LogP contribution is 2.08. The van der Waals surface area contributed by atoms with Gasteiger partial charge in [-0.15, -0.1) is 0 Å². The zero-order chi connectivity index (χ0) is 12.3. The van der Waals surface area contributed by atoms with Crippen LogP contribution in [0.1, 0.15) is 52.4 Å². The lowest BCUT2D eigenvalue weighted by Crippen LogP contribution is -2.39. The average Bonchev–Trinajstić information content (AvgIpc) is 2.32. The first-order valence-corrected chi connectivity index (χ1v) is 6.36. The van der Waals surface area contributed by atoms with E-state index in [1.165, 1.54) is 25.7 Å². The SMILES string of the molecule is CCCCCCCOCCC(C)(C#N)NC. The largest absolute Gasteiger partial charge is 0.381 e. The lowest BCUT2D eigenvalue weighted by Gasteiger charge is -2.20. The van der Waals surface area contributed by atoms with Gasteiger partial charge in [-0.2, -0.15) is 5.26 Å². The molecule has 0 aliphatic rings. The minimum atomic E-state index is -0.442. The van der Waals surface area contributed by atoms with E-state index in [9.17, 15) is 0 Å². The highest BCUT2D eigenvalue weighted by Gasteiger charge is 2.20. The van der Waals surface area contributed by atoms with E-state index < -0.39 is 5.54 Å². The molecule has 0 amide bonds. The fraction of sp³-hybridized carbons (Fsp3) is 0.923. The summed E-state index contributed by atoms with van der Waals surface area (Å²) in [5.41, 5.74) is -0.442. The van der Waals surface area contributed by atoms with Crippen LogP contribution in [0.4, 0.5) is 0 Å². The molecule has 1 unspecified atom stereocenters. The molecule has 0 bridgehead atoms. The molecule has 0 saturated carbocycles. The summed E-state index contributed by atoms with van der Waals surface area (Å²) in [7, 11) is 1.81. The fourth-order valence-corrected chi connectivity index (χ4v) is 1.42. The maximum absolute atomic E-state index is 8.92. The summed E-state index contributed by atoms with van der Waals surface area (Å²) in [6, 6.07) is 2.26. The van der Waals surface area contributed by atoms with Gasteiger partial charge in [0.15, 0.2) is 0 Å². The standard InChI is InChI=1S/C13H26N2O/c1-4-5-6-7-8-10-16-11-9-13(2,12-14)15-3/h15H,4-11H2,1-3H3. The number of hydrogen-bond acceptors (Lipinski definition) is 3. The minimum Gasteiger partial charge on any atom is -0.381 e. The molecule has 0 fully saturated rings. The zero-order valence-corrected chi connectivity index (χ0v) is 11.0. The van der Waals surface area contributed by atoms with Gasteiger partial charge in [0.1, 0.15) is 5.54 Å². The molecule has 0 saturated heterocycles. The summed E-state index contributed by atoms with van der Waals surface area (Å²) >= 11 is 0. The Hall–Kier alpha value is -0.590. The number of nitrogens with zero attached hydrogens (tertiary/aromatic N) is 1. The second-order valence-electron chi connectivity index (χ2n) is 4.47. The van der Waals surface area contributed by atoms with Gasteiger partial charge < -0.3 is 10.1 Å². The molecule has 0 aliphatic heterocycles. The summed E-state index contributed by atoms with van der Waals surface area (Å²) in [6.07, 6.45) is 7.06. The van der Waals surface area contributed by atoms with Crippen molar-refractivity contribution in [2.45, 2.75) is 57.9 Å². The Morgan fingerprint density at radius 1 is 1.19 bits per heavy atom. The second-order valence-corrected chi connectivity index (χ2v) is 4.47. The van der Waals surface area contributed by atoms with Crippen molar-refractivity contribution in [3.05, 3.63) is 0 Å². The molecule has 3 heteroatoms. The van der Waals surface area contributed by atoms with E-state index in [2.05, 4.69) is 18.3 Å². The van der Waals surface area contributed by atoms with Gasteiger partial charge in [-0.05, 0) is 20.4 Å². The number of rotatable bonds is 10. The van der Waals surface area contributed by atoms with Gasteiger partial charge in [-0.3, -0.25) is 0 Å². The molecule has 0 spiro atoms. The van der Waals surface area contributed by atoms with Crippen LogP contribution in [0.15, 0.2) is 0 Å². The van der Waals surface area contributed by atoms with Crippen molar-refractivity contribution >= 4 is 0 Å². The number of hydrogen-bond donors (Lipinski definition) is 1. The average molecular weight is 226 g/mol. The third kappa shape index (κ3) is 7.67. The monoisotopic (exact) mass is 226 g/mol. The lowest BCUT2D eigenvalue weighted by molar-refractivity contribution is 0.115. The summed E-state index contributed by atoms with van der Waals surface area (Å²) in [5, 5.41) is 11.9. The smallest absolute Gasteiger partial charge is 0.105 e. The maximum atomic E-state index is 8.92. The molecule has 0 aliphatic carbocycles. The van der Waals surface area contributed by atoms with E-state index in [1.807, 2.05) is 14.0 Å². The van der Waals surface area contributed by atoms with Crippen LogP contribution < -0.4 is 5.32 Å². The van der Waals surface area contributed by atoms with Crippen LogP contribution in [0, 0.1) is 11.3 Å². The molecule has 16 heavy (non-hydrogen) atoms. The lowest BCUT2D eigenvalue weighted by atomic mass is 10.0. The van der Waals surface area contributed by atoms with E-state index in [0.717, 1.165) is 19.4 Å². The van der Waals surface area contributed by atoms with Crippen LogP contribution in [0.2, 0.25) is 0 Å². The van der Waals surface area contributed by atoms with Crippen LogP contribution in [-0.4, -0.2) is 25.8 Å². The van der Waals surface area contributed by atoms with Crippen LogP contribution in [-0.2, 0) is 4.74 Å². The molecule has 0 radical (unpaired) electrons. The highest BCUT2D eigenvalue weighted by molar-refractivity contribution is 5.02. The number of unbranched alkanes of at least 4 members (excludes halogenated alkanes) is 4. The van der Waals surface area contributed by atoms with Crippen molar-refractivity contribution in [1.29, 1.82) is 5.26 Å². The number of ether oxygens (including phenoxy) is 1. The minimum absolute atomic E-state index is 0.442. The Kier molecular flexibility index (Phi) is 9.27. The first-order valence-electron chi connectivity index (χ1n) is 6.36. The van der Waals surface area contributed by atoms with E-state index in [0.29, 0.717) is 6.61 Å². The van der Waals surface area contributed by atoms with E-state index in [4.69, 9.17) is 10.00 Å². The topological polar surface area (TPSA) is 45.0 Å². The van der Waals surface area contributed by atoms with Crippen LogP contribution in [0.3, 0.4) is 0 Å². The molecular weight excluding hydrogens is 200 g/mol. The van der Waals surface area contributed by atoms with Crippen LogP contribution in [0.25, 0.3) is 0 Å². The quantitative estimate of drug-likeness (QED) is 0.583. The summed E-state index contributed by atoms with van der Waals surface area (Å²) in [4.78, 5) is 0. The number of nitriles is 1. The molecule has 0 aromatic heterocycles. The number of nitrogens with one attached hydrogen (secondary N) is 1. The van der Waals surface area contributed by atoms with Gasteiger partial charge in [0, 0.05) is 19.6 Å². The summed E-state index contributed by atoms with van der Waals surface area (Å²) in [5.74, 6) is 0. The molecule has 1 N–H and O–H groups in total. The predicted molar refractivity (Wildman–Crippen MR) is 67.3 cm³/mol. The Morgan fingerprint density at radius 3 is 2.44 bits per heavy atom. The van der Waals surface area contributed by atoms with Crippen molar-refractivity contribution in [2.24, 2.45) is 0 Å². The van der Waals surface area contributed by atoms with E-state index in [1.54, 1.807) is 0 Å². The van der Waals surface area contributed by atoms with Crippen molar-refractivity contribution < 1.29 is 4.74 Å². The predicted octanol–water partition coefficient (Wildman–Crippen LogP) is 2.87. The molecule has 0 rings (SSSR count). The van der Waals surface area contributed by atoms with Gasteiger partial charge >= 0.3 is 0 Å². The summed E-state index contributed by atoms with van der Waals surface area (Å²) in [6.45, 7) is 5.61. The van der Waals surface area contributed by atoms with Gasteiger partial charge in [-0.25, -0.2) is 0 Å². The zero-order valence-electron chi connectivity index (χ0n) is 11.0. The molecule has 1 atom stereocenters. The van der Waals surface area contributed by atoms with Crippen LogP contribution in [0.5, 0.6) is 0 Å². The van der Waals surface area contributed by atoms with Crippen LogP contribution >= 0.6 is 0 Å². The van der Waals surface area contributed by atoms with Crippen molar-refractivity contribution in [1.82, 2.24) is 5.32 Å². The van der Waals surface area contributed by atoms with Crippen molar-refractivity contribution in [3.63, 3.8) is 0 Å². The third-order valence-corrected chi connectivity index (χ3v) is 2.94. The van der Waals surface area contributed by atoms with E-state index >= 15 is 0 Å². The fourth-order valence-electron chi connectivity index (χ4n) is 1.42. The molecule has 0 heterocycles. The van der Waals surface area contributed by atoms with E-state index in [-0.39, 0.29) is 0 Å². The van der Waals surface area contributed by atoms with Gasteiger partial charge in [0.2, 0.25) is 0 Å². The molecule has 94 valence electrons. The Labute approximate surface area is 100 Å². The van der Waals surface area contributed by atoms with Crippen molar-refractivity contribution in [3.8, 4) is 6.07 Å². The van der Waals surface area contributed by atoms with Gasteiger partial charge in [-0.1, -0.05) is 32.6 Å². The molecule has 3 nitrogen and oxygen atoms in total. The Balaban J connectivity index is 3.30. The second kappa shape index (κ2) is 9.62. The Bertz CT molecular complexity index is 201. The molecular formula is C13H26N2O. The normalized spacial score (nSPS) is 14.4. The van der Waals surface area contributed by atoms with Crippen molar-refractivity contribution in [2.75, 3.05) is 20.3 Å². The molecule has 0 aromatic carbocycles. The van der Waals surface area contributed by atoms with Gasteiger partial charge in [0.25, 0.3) is 0 Å².